The van der Waals surface area contributed by atoms with Crippen LogP contribution in [0, 0.1) is 5.92 Å². The SMILES string of the molecule is NC1=NC(=O)NC2C=C(O)C=CC12. The van der Waals surface area contributed by atoms with Crippen molar-refractivity contribution in [2.75, 3.05) is 0 Å². The molecule has 5 heteroatoms. The Morgan fingerprint density at radius 1 is 1.62 bits per heavy atom. The molecule has 0 saturated carbocycles. The Morgan fingerprint density at radius 2 is 2.38 bits per heavy atom. The Kier molecular flexibility index (Phi) is 1.58. The predicted octanol–water partition coefficient (Wildman–Crippen LogP) is 0.0633. The van der Waals surface area contributed by atoms with Crippen LogP contribution < -0.4 is 11.1 Å². The minimum atomic E-state index is -0.460. The van der Waals surface area contributed by atoms with Crippen LogP contribution in [0.5, 0.6) is 0 Å². The number of hydrogen-bond acceptors (Lipinski definition) is 3. The van der Waals surface area contributed by atoms with Gasteiger partial charge in [-0.3, -0.25) is 0 Å². The molecule has 0 aromatic carbocycles. The van der Waals surface area contributed by atoms with E-state index in [0.29, 0.717) is 0 Å². The summed E-state index contributed by atoms with van der Waals surface area (Å²) >= 11 is 0. The van der Waals surface area contributed by atoms with Gasteiger partial charge in [-0.1, -0.05) is 6.08 Å². The predicted molar refractivity (Wildman–Crippen MR) is 47.3 cm³/mol. The third-order valence-corrected chi connectivity index (χ3v) is 2.07. The zero-order valence-corrected chi connectivity index (χ0v) is 6.77. The molecule has 2 aliphatic rings. The number of urea groups is 1. The molecule has 2 rings (SSSR count). The molecular formula is C8H9N3O2. The molecule has 0 aromatic rings. The number of nitrogens with one attached hydrogen (secondary N) is 1. The van der Waals surface area contributed by atoms with Gasteiger partial charge in [0.1, 0.15) is 11.6 Å². The third-order valence-electron chi connectivity index (χ3n) is 2.07. The minimum Gasteiger partial charge on any atom is -0.508 e. The van der Waals surface area contributed by atoms with Crippen LogP contribution in [0.4, 0.5) is 4.79 Å². The number of carbonyl (C=O) groups is 1. The summed E-state index contributed by atoms with van der Waals surface area (Å²) in [6.07, 6.45) is 4.81. The van der Waals surface area contributed by atoms with Crippen molar-refractivity contribution in [1.82, 2.24) is 5.32 Å². The monoisotopic (exact) mass is 179 g/mol. The second-order valence-corrected chi connectivity index (χ2v) is 2.99. The van der Waals surface area contributed by atoms with Gasteiger partial charge in [0.05, 0.1) is 12.0 Å². The fourth-order valence-corrected chi connectivity index (χ4v) is 1.45. The van der Waals surface area contributed by atoms with Crippen molar-refractivity contribution in [2.45, 2.75) is 6.04 Å². The zero-order valence-electron chi connectivity index (χ0n) is 6.77. The maximum atomic E-state index is 10.9. The number of amidine groups is 1. The number of rotatable bonds is 0. The number of aliphatic hydroxyl groups excluding tert-OH is 1. The van der Waals surface area contributed by atoms with Crippen molar-refractivity contribution in [3.63, 3.8) is 0 Å². The van der Waals surface area contributed by atoms with E-state index in [-0.39, 0.29) is 23.6 Å². The van der Waals surface area contributed by atoms with Crippen LogP contribution in [0.3, 0.4) is 0 Å². The number of nitrogens with zero attached hydrogens (tertiary/aromatic N) is 1. The lowest BCUT2D eigenvalue weighted by molar-refractivity contribution is 0.244. The van der Waals surface area contributed by atoms with E-state index in [0.717, 1.165) is 0 Å². The molecule has 2 amide bonds. The molecule has 0 aromatic heterocycles. The van der Waals surface area contributed by atoms with Crippen LogP contribution in [0.1, 0.15) is 0 Å². The molecule has 0 spiro atoms. The van der Waals surface area contributed by atoms with Gasteiger partial charge in [0.25, 0.3) is 0 Å². The van der Waals surface area contributed by atoms with Crippen LogP contribution in [-0.2, 0) is 0 Å². The highest BCUT2D eigenvalue weighted by molar-refractivity contribution is 5.98. The van der Waals surface area contributed by atoms with Gasteiger partial charge in [-0.05, 0) is 12.2 Å². The highest BCUT2D eigenvalue weighted by Crippen LogP contribution is 2.18. The molecule has 13 heavy (non-hydrogen) atoms. The molecule has 68 valence electrons. The summed E-state index contributed by atoms with van der Waals surface area (Å²) in [4.78, 5) is 14.5. The fraction of sp³-hybridized carbons (Fsp3) is 0.250. The molecule has 4 N–H and O–H groups in total. The van der Waals surface area contributed by atoms with Crippen LogP contribution in [0.2, 0.25) is 0 Å². The molecule has 0 saturated heterocycles. The first-order valence-corrected chi connectivity index (χ1v) is 3.90. The van der Waals surface area contributed by atoms with Gasteiger partial charge in [-0.25, -0.2) is 4.79 Å². The van der Waals surface area contributed by atoms with Gasteiger partial charge in [0.15, 0.2) is 0 Å². The normalized spacial score (nSPS) is 31.5. The van der Waals surface area contributed by atoms with Gasteiger partial charge >= 0.3 is 6.03 Å². The maximum Gasteiger partial charge on any atom is 0.343 e. The molecular weight excluding hydrogens is 170 g/mol. The highest BCUT2D eigenvalue weighted by Gasteiger charge is 2.29. The van der Waals surface area contributed by atoms with Crippen LogP contribution in [0.15, 0.2) is 29.0 Å². The van der Waals surface area contributed by atoms with Crippen molar-refractivity contribution < 1.29 is 9.90 Å². The standard InChI is InChI=1S/C8H9N3O2/c9-7-5-2-1-4(12)3-6(5)10-8(13)11-7/h1-3,5-6,12H,(H3,9,10,11,13). The Labute approximate surface area is 74.6 Å². The summed E-state index contributed by atoms with van der Waals surface area (Å²) < 4.78 is 0. The average molecular weight is 179 g/mol. The van der Waals surface area contributed by atoms with E-state index in [4.69, 9.17) is 10.8 Å². The fourth-order valence-electron chi connectivity index (χ4n) is 1.45. The Balaban J connectivity index is 2.34. The van der Waals surface area contributed by atoms with E-state index in [1.54, 1.807) is 18.2 Å². The Bertz CT molecular complexity index is 343. The average Bonchev–Trinajstić information content (AvgIpc) is 2.02. The van der Waals surface area contributed by atoms with E-state index in [2.05, 4.69) is 10.3 Å². The van der Waals surface area contributed by atoms with Gasteiger partial charge in [-0.15, -0.1) is 0 Å². The Morgan fingerprint density at radius 3 is 3.15 bits per heavy atom. The van der Waals surface area contributed by atoms with Gasteiger partial charge in [-0.2, -0.15) is 4.99 Å². The largest absolute Gasteiger partial charge is 0.508 e. The number of carbonyl (C=O) groups excluding carboxylic acids is 1. The van der Waals surface area contributed by atoms with Crippen LogP contribution >= 0.6 is 0 Å². The van der Waals surface area contributed by atoms with E-state index in [9.17, 15) is 4.79 Å². The summed E-state index contributed by atoms with van der Waals surface area (Å²) in [5.74, 6) is 0.290. The van der Waals surface area contributed by atoms with E-state index in [1.165, 1.54) is 0 Å². The van der Waals surface area contributed by atoms with E-state index < -0.39 is 6.03 Å². The van der Waals surface area contributed by atoms with Gasteiger partial charge < -0.3 is 16.2 Å². The number of hydrogen-bond donors (Lipinski definition) is 3. The molecule has 0 bridgehead atoms. The molecule has 0 radical (unpaired) electrons. The summed E-state index contributed by atoms with van der Waals surface area (Å²) in [6, 6.07) is -0.729. The smallest absolute Gasteiger partial charge is 0.343 e. The molecule has 1 aliphatic heterocycles. The quantitative estimate of drug-likeness (QED) is 0.491. The molecule has 0 fully saturated rings. The number of amides is 2. The highest BCUT2D eigenvalue weighted by atomic mass is 16.3. The van der Waals surface area contributed by atoms with E-state index >= 15 is 0 Å². The number of aliphatic hydroxyl groups is 1. The molecule has 2 unspecified atom stereocenters. The summed E-state index contributed by atoms with van der Waals surface area (Å²) in [5, 5.41) is 11.7. The lowest BCUT2D eigenvalue weighted by atomic mass is 9.92. The first kappa shape index (κ1) is 7.85. The Hall–Kier alpha value is -1.78. The second kappa shape index (κ2) is 2.62. The van der Waals surface area contributed by atoms with Crippen molar-refractivity contribution in [1.29, 1.82) is 0 Å². The third kappa shape index (κ3) is 1.28. The second-order valence-electron chi connectivity index (χ2n) is 2.99. The molecule has 1 aliphatic carbocycles. The van der Waals surface area contributed by atoms with Crippen molar-refractivity contribution in [2.24, 2.45) is 16.6 Å². The van der Waals surface area contributed by atoms with Crippen LogP contribution in [-0.4, -0.2) is 23.0 Å². The van der Waals surface area contributed by atoms with Gasteiger partial charge in [0.2, 0.25) is 0 Å². The number of nitrogens with two attached hydrogens (primary N) is 1. The summed E-state index contributed by atoms with van der Waals surface area (Å²) in [7, 11) is 0. The molecule has 1 heterocycles. The first-order valence-electron chi connectivity index (χ1n) is 3.90. The first-order chi connectivity index (χ1) is 6.16. The topological polar surface area (TPSA) is 87.7 Å². The van der Waals surface area contributed by atoms with Crippen LogP contribution in [0.25, 0.3) is 0 Å². The minimum absolute atomic E-state index is 0.131. The summed E-state index contributed by atoms with van der Waals surface area (Å²) in [6.45, 7) is 0. The number of fused-ring (bicyclic) bond motifs is 1. The summed E-state index contributed by atoms with van der Waals surface area (Å²) in [5.41, 5.74) is 5.55. The molecule has 5 nitrogen and oxygen atoms in total. The lowest BCUT2D eigenvalue weighted by Gasteiger charge is -2.27. The maximum absolute atomic E-state index is 10.9. The van der Waals surface area contributed by atoms with Crippen molar-refractivity contribution in [3.8, 4) is 0 Å². The molecule has 2 atom stereocenters. The van der Waals surface area contributed by atoms with Crippen molar-refractivity contribution >= 4 is 11.9 Å². The number of aliphatic imine (C=N–C) groups is 1. The van der Waals surface area contributed by atoms with Crippen molar-refractivity contribution in [3.05, 3.63) is 24.0 Å². The number of allylic oxidation sites excluding steroid dienone is 1. The van der Waals surface area contributed by atoms with Gasteiger partial charge in [0, 0.05) is 0 Å². The lowest BCUT2D eigenvalue weighted by Crippen LogP contribution is -2.48. The van der Waals surface area contributed by atoms with E-state index in [1.807, 2.05) is 0 Å². The zero-order chi connectivity index (χ0) is 9.42.